The minimum Gasteiger partial charge on any atom is -0.356 e. The van der Waals surface area contributed by atoms with Crippen LogP contribution in [0.1, 0.15) is 48.5 Å². The zero-order valence-electron chi connectivity index (χ0n) is 16.4. The summed E-state index contributed by atoms with van der Waals surface area (Å²) in [5.41, 5.74) is 1.67. The topological polar surface area (TPSA) is 85.8 Å². The highest BCUT2D eigenvalue weighted by Gasteiger charge is 2.21. The Morgan fingerprint density at radius 2 is 1.96 bits per heavy atom. The van der Waals surface area contributed by atoms with E-state index in [0.29, 0.717) is 25.2 Å². The number of piperazine rings is 1. The Morgan fingerprint density at radius 3 is 2.63 bits per heavy atom. The maximum Gasteiger partial charge on any atom is 0.254 e. The number of guanidine groups is 1. The van der Waals surface area contributed by atoms with Crippen LogP contribution in [0.25, 0.3) is 0 Å². The largest absolute Gasteiger partial charge is 0.356 e. The number of amides is 2. The normalized spacial score (nSPS) is 14.7. The molecule has 1 saturated heterocycles. The molecule has 27 heavy (non-hydrogen) atoms. The molecule has 2 rings (SSSR count). The summed E-state index contributed by atoms with van der Waals surface area (Å²) in [6, 6.07) is 7.48. The summed E-state index contributed by atoms with van der Waals surface area (Å²) < 4.78 is 0. The molecule has 0 atom stereocenters. The van der Waals surface area contributed by atoms with Crippen molar-refractivity contribution in [3.05, 3.63) is 35.4 Å². The molecule has 1 aliphatic rings. The average molecular weight is 374 g/mol. The van der Waals surface area contributed by atoms with Crippen molar-refractivity contribution < 1.29 is 9.59 Å². The summed E-state index contributed by atoms with van der Waals surface area (Å²) in [6.07, 6.45) is 4.87. The predicted octanol–water partition coefficient (Wildman–Crippen LogP) is 1.50. The van der Waals surface area contributed by atoms with E-state index in [0.717, 1.165) is 24.5 Å². The summed E-state index contributed by atoms with van der Waals surface area (Å²) in [6.45, 7) is 4.94. The van der Waals surface area contributed by atoms with Crippen LogP contribution in [0.3, 0.4) is 0 Å². The Bertz CT molecular complexity index is 642. The zero-order chi connectivity index (χ0) is 19.5. The molecule has 0 saturated carbocycles. The molecule has 7 nitrogen and oxygen atoms in total. The molecule has 0 unspecified atom stereocenters. The van der Waals surface area contributed by atoms with Gasteiger partial charge >= 0.3 is 0 Å². The molecule has 0 bridgehead atoms. The van der Waals surface area contributed by atoms with Crippen molar-refractivity contribution in [3.63, 3.8) is 0 Å². The van der Waals surface area contributed by atoms with Gasteiger partial charge in [-0.25, -0.2) is 0 Å². The Labute approximate surface area is 161 Å². The summed E-state index contributed by atoms with van der Waals surface area (Å²) >= 11 is 0. The van der Waals surface area contributed by atoms with E-state index in [1.165, 1.54) is 19.3 Å². The van der Waals surface area contributed by atoms with E-state index < -0.39 is 0 Å². The standard InChI is InChI=1S/C20H31N5O2/c1-3-4-5-6-11-23-20(21-2)24-14-16-7-9-17(10-8-16)19(27)25-13-12-22-18(26)15-25/h7-10H,3-6,11-15H2,1-2H3,(H,22,26)(H2,21,23,24). The number of nitrogens with zero attached hydrogens (tertiary/aromatic N) is 2. The Balaban J connectivity index is 1.79. The molecular weight excluding hydrogens is 342 g/mol. The third-order valence-electron chi connectivity index (χ3n) is 4.53. The molecule has 0 aromatic heterocycles. The smallest absolute Gasteiger partial charge is 0.254 e. The van der Waals surface area contributed by atoms with Crippen molar-refractivity contribution in [1.82, 2.24) is 20.9 Å². The SMILES string of the molecule is CCCCCCNC(=NC)NCc1ccc(C(=O)N2CCNC(=O)C2)cc1. The van der Waals surface area contributed by atoms with Crippen LogP contribution in [-0.4, -0.2) is 55.9 Å². The van der Waals surface area contributed by atoms with Crippen LogP contribution in [0, 0.1) is 0 Å². The summed E-state index contributed by atoms with van der Waals surface area (Å²) in [7, 11) is 1.76. The first kappa shape index (κ1) is 20.7. The van der Waals surface area contributed by atoms with E-state index in [4.69, 9.17) is 0 Å². The molecule has 0 aliphatic carbocycles. The number of aliphatic imine (C=N–C) groups is 1. The van der Waals surface area contributed by atoms with E-state index in [2.05, 4.69) is 27.9 Å². The molecule has 1 aliphatic heterocycles. The highest BCUT2D eigenvalue weighted by molar-refractivity contribution is 5.97. The van der Waals surface area contributed by atoms with Gasteiger partial charge in [0, 0.05) is 38.8 Å². The average Bonchev–Trinajstić information content (AvgIpc) is 2.70. The highest BCUT2D eigenvalue weighted by atomic mass is 16.2. The monoisotopic (exact) mass is 373 g/mol. The molecular formula is C20H31N5O2. The van der Waals surface area contributed by atoms with E-state index in [1.54, 1.807) is 11.9 Å². The minimum absolute atomic E-state index is 0.103. The van der Waals surface area contributed by atoms with Crippen LogP contribution in [0.15, 0.2) is 29.3 Å². The van der Waals surface area contributed by atoms with Gasteiger partial charge in [-0.3, -0.25) is 14.6 Å². The molecule has 148 valence electrons. The van der Waals surface area contributed by atoms with E-state index in [9.17, 15) is 9.59 Å². The second kappa shape index (κ2) is 11.2. The molecule has 7 heteroatoms. The second-order valence-corrected chi connectivity index (χ2v) is 6.69. The lowest BCUT2D eigenvalue weighted by molar-refractivity contribution is -0.123. The fourth-order valence-electron chi connectivity index (χ4n) is 2.92. The zero-order valence-corrected chi connectivity index (χ0v) is 16.4. The molecule has 1 heterocycles. The number of hydrogen-bond acceptors (Lipinski definition) is 3. The fraction of sp³-hybridized carbons (Fsp3) is 0.550. The van der Waals surface area contributed by atoms with Gasteiger partial charge in [0.25, 0.3) is 5.91 Å². The number of carbonyl (C=O) groups is 2. The van der Waals surface area contributed by atoms with E-state index in [-0.39, 0.29) is 18.4 Å². The molecule has 3 N–H and O–H groups in total. The van der Waals surface area contributed by atoms with Gasteiger partial charge < -0.3 is 20.9 Å². The first-order valence-corrected chi connectivity index (χ1v) is 9.73. The number of rotatable bonds is 8. The molecule has 1 fully saturated rings. The van der Waals surface area contributed by atoms with Crippen LogP contribution in [0.2, 0.25) is 0 Å². The quantitative estimate of drug-likeness (QED) is 0.366. The minimum atomic E-state index is -0.107. The lowest BCUT2D eigenvalue weighted by atomic mass is 10.1. The van der Waals surface area contributed by atoms with Crippen molar-refractivity contribution in [3.8, 4) is 0 Å². The lowest BCUT2D eigenvalue weighted by Crippen LogP contribution is -2.49. The fourth-order valence-corrected chi connectivity index (χ4v) is 2.92. The molecule has 1 aromatic rings. The van der Waals surface area contributed by atoms with E-state index in [1.807, 2.05) is 24.3 Å². The summed E-state index contributed by atoms with van der Waals surface area (Å²) in [5, 5.41) is 9.33. The van der Waals surface area contributed by atoms with Crippen LogP contribution >= 0.6 is 0 Å². The molecule has 0 spiro atoms. The molecule has 0 radical (unpaired) electrons. The first-order valence-electron chi connectivity index (χ1n) is 9.73. The van der Waals surface area contributed by atoms with Crippen LogP contribution < -0.4 is 16.0 Å². The molecule has 1 aromatic carbocycles. The van der Waals surface area contributed by atoms with Crippen molar-refractivity contribution in [2.45, 2.75) is 39.2 Å². The maximum absolute atomic E-state index is 12.5. The first-order chi connectivity index (χ1) is 13.1. The second-order valence-electron chi connectivity index (χ2n) is 6.69. The van der Waals surface area contributed by atoms with Crippen molar-refractivity contribution >= 4 is 17.8 Å². The third-order valence-corrected chi connectivity index (χ3v) is 4.53. The summed E-state index contributed by atoms with van der Waals surface area (Å²) in [5.74, 6) is 0.573. The van der Waals surface area contributed by atoms with Crippen LogP contribution in [-0.2, 0) is 11.3 Å². The van der Waals surface area contributed by atoms with Crippen LogP contribution in [0.4, 0.5) is 0 Å². The summed E-state index contributed by atoms with van der Waals surface area (Å²) in [4.78, 5) is 29.7. The lowest BCUT2D eigenvalue weighted by Gasteiger charge is -2.26. The Morgan fingerprint density at radius 1 is 1.19 bits per heavy atom. The number of carbonyl (C=O) groups excluding carboxylic acids is 2. The van der Waals surface area contributed by atoms with E-state index >= 15 is 0 Å². The van der Waals surface area contributed by atoms with Gasteiger partial charge in [-0.1, -0.05) is 38.3 Å². The Kier molecular flexibility index (Phi) is 8.61. The molecule has 2 amide bonds. The van der Waals surface area contributed by atoms with Gasteiger partial charge in [-0.05, 0) is 24.1 Å². The third kappa shape index (κ3) is 6.92. The van der Waals surface area contributed by atoms with Gasteiger partial charge in [-0.2, -0.15) is 0 Å². The van der Waals surface area contributed by atoms with Crippen molar-refractivity contribution in [2.75, 3.05) is 33.2 Å². The Hall–Kier alpha value is -2.57. The highest BCUT2D eigenvalue weighted by Crippen LogP contribution is 2.09. The number of nitrogens with one attached hydrogen (secondary N) is 3. The van der Waals surface area contributed by atoms with Gasteiger partial charge in [-0.15, -0.1) is 0 Å². The van der Waals surface area contributed by atoms with Crippen molar-refractivity contribution in [1.29, 1.82) is 0 Å². The number of hydrogen-bond donors (Lipinski definition) is 3. The van der Waals surface area contributed by atoms with Crippen molar-refractivity contribution in [2.24, 2.45) is 4.99 Å². The predicted molar refractivity (Wildman–Crippen MR) is 108 cm³/mol. The number of unbranched alkanes of at least 4 members (excludes halogenated alkanes) is 3. The van der Waals surface area contributed by atoms with Gasteiger partial charge in [0.1, 0.15) is 0 Å². The van der Waals surface area contributed by atoms with Gasteiger partial charge in [0.05, 0.1) is 6.54 Å². The maximum atomic E-state index is 12.5. The van der Waals surface area contributed by atoms with Gasteiger partial charge in [0.15, 0.2) is 5.96 Å². The number of benzene rings is 1. The van der Waals surface area contributed by atoms with Crippen LogP contribution in [0.5, 0.6) is 0 Å². The van der Waals surface area contributed by atoms with Gasteiger partial charge in [0.2, 0.25) is 5.91 Å².